The second kappa shape index (κ2) is 2.21. The Balaban J connectivity index is 2.56. The average Bonchev–Trinajstić information content (AvgIpc) is 1.98. The highest BCUT2D eigenvalue weighted by atomic mass is 127. The summed E-state index contributed by atoms with van der Waals surface area (Å²) in [6.45, 7) is 2.07. The van der Waals surface area contributed by atoms with E-state index in [9.17, 15) is 4.79 Å². The molecule has 0 aromatic heterocycles. The number of carbonyl (C=O) groups is 1. The molecular formula is C5H8INO. The van der Waals surface area contributed by atoms with E-state index in [1.807, 2.05) is 0 Å². The van der Waals surface area contributed by atoms with Crippen molar-refractivity contribution in [3.63, 3.8) is 0 Å². The maximum atomic E-state index is 10.7. The normalized spacial score (nSPS) is 29.5. The van der Waals surface area contributed by atoms with Crippen LogP contribution in [0, 0.1) is 0 Å². The van der Waals surface area contributed by atoms with Gasteiger partial charge in [-0.15, -0.1) is 0 Å². The van der Waals surface area contributed by atoms with Crippen molar-refractivity contribution in [2.24, 2.45) is 0 Å². The molecule has 0 aromatic carbocycles. The lowest BCUT2D eigenvalue weighted by Gasteiger charge is -2.09. The molecule has 1 aliphatic heterocycles. The zero-order valence-corrected chi connectivity index (χ0v) is 6.88. The predicted molar refractivity (Wildman–Crippen MR) is 39.6 cm³/mol. The standard InChI is InChI=1S/C5H8INO/c1-4-2-3-5(8)7(4)6/h4H,2-3H2,1H3/t4-/m0/s1. The predicted octanol–water partition coefficient (Wildman–Crippen LogP) is 1.35. The van der Waals surface area contributed by atoms with Crippen LogP contribution in [0.5, 0.6) is 0 Å². The van der Waals surface area contributed by atoms with Crippen LogP contribution in [0.4, 0.5) is 0 Å². The van der Waals surface area contributed by atoms with Gasteiger partial charge in [0.05, 0.1) is 22.9 Å². The summed E-state index contributed by atoms with van der Waals surface area (Å²) in [5.41, 5.74) is 0. The minimum Gasteiger partial charge on any atom is -0.282 e. The lowest BCUT2D eigenvalue weighted by Crippen LogP contribution is -2.18. The number of amides is 1. The highest BCUT2D eigenvalue weighted by Crippen LogP contribution is 2.21. The molecule has 0 unspecified atom stereocenters. The van der Waals surface area contributed by atoms with Crippen molar-refractivity contribution < 1.29 is 4.79 Å². The summed E-state index contributed by atoms with van der Waals surface area (Å²) in [7, 11) is 0. The molecular weight excluding hydrogens is 217 g/mol. The van der Waals surface area contributed by atoms with Gasteiger partial charge in [-0.05, 0) is 13.3 Å². The van der Waals surface area contributed by atoms with Crippen LogP contribution >= 0.6 is 22.9 Å². The van der Waals surface area contributed by atoms with Crippen molar-refractivity contribution >= 4 is 28.8 Å². The van der Waals surface area contributed by atoms with Gasteiger partial charge in [0.1, 0.15) is 0 Å². The largest absolute Gasteiger partial charge is 0.282 e. The van der Waals surface area contributed by atoms with Crippen LogP contribution in [0.2, 0.25) is 0 Å². The van der Waals surface area contributed by atoms with E-state index in [4.69, 9.17) is 0 Å². The Labute approximate surface area is 62.7 Å². The van der Waals surface area contributed by atoms with E-state index in [2.05, 4.69) is 29.8 Å². The number of rotatable bonds is 0. The molecule has 1 fully saturated rings. The fourth-order valence-electron chi connectivity index (χ4n) is 0.798. The quantitative estimate of drug-likeness (QED) is 0.450. The molecule has 0 radical (unpaired) electrons. The third-order valence-corrected chi connectivity index (χ3v) is 2.89. The maximum Gasteiger partial charge on any atom is 0.231 e. The molecule has 0 aliphatic carbocycles. The second-order valence-corrected chi connectivity index (χ2v) is 3.13. The zero-order valence-electron chi connectivity index (χ0n) is 4.72. The average molecular weight is 225 g/mol. The molecule has 0 N–H and O–H groups in total. The van der Waals surface area contributed by atoms with E-state index in [-0.39, 0.29) is 5.91 Å². The molecule has 1 heterocycles. The maximum absolute atomic E-state index is 10.7. The van der Waals surface area contributed by atoms with Gasteiger partial charge in [0.15, 0.2) is 0 Å². The number of hydrogen-bond acceptors (Lipinski definition) is 1. The lowest BCUT2D eigenvalue weighted by atomic mass is 10.3. The Bertz CT molecular complexity index is 115. The first-order chi connectivity index (χ1) is 3.72. The topological polar surface area (TPSA) is 20.3 Å². The van der Waals surface area contributed by atoms with Crippen LogP contribution in [0.1, 0.15) is 19.8 Å². The first-order valence-electron chi connectivity index (χ1n) is 2.69. The molecule has 1 aliphatic rings. The van der Waals surface area contributed by atoms with Crippen molar-refractivity contribution in [2.45, 2.75) is 25.8 Å². The minimum atomic E-state index is 0.276. The van der Waals surface area contributed by atoms with E-state index < -0.39 is 0 Å². The summed E-state index contributed by atoms with van der Waals surface area (Å²) in [4.78, 5) is 10.7. The van der Waals surface area contributed by atoms with Crippen LogP contribution in [0.25, 0.3) is 0 Å². The van der Waals surface area contributed by atoms with Gasteiger partial charge in [-0.2, -0.15) is 0 Å². The molecule has 1 atom stereocenters. The number of nitrogens with zero attached hydrogens (tertiary/aromatic N) is 1. The fourth-order valence-corrected chi connectivity index (χ4v) is 1.32. The smallest absolute Gasteiger partial charge is 0.231 e. The van der Waals surface area contributed by atoms with E-state index in [1.54, 1.807) is 3.11 Å². The van der Waals surface area contributed by atoms with E-state index >= 15 is 0 Å². The van der Waals surface area contributed by atoms with Gasteiger partial charge in [0.25, 0.3) is 0 Å². The second-order valence-electron chi connectivity index (χ2n) is 2.09. The number of hydrogen-bond donors (Lipinski definition) is 0. The first-order valence-corrected chi connectivity index (χ1v) is 3.66. The molecule has 1 amide bonds. The van der Waals surface area contributed by atoms with Crippen molar-refractivity contribution in [1.29, 1.82) is 0 Å². The monoisotopic (exact) mass is 225 g/mol. The lowest BCUT2D eigenvalue weighted by molar-refractivity contribution is -0.123. The third-order valence-electron chi connectivity index (χ3n) is 1.40. The molecule has 0 aromatic rings. The van der Waals surface area contributed by atoms with Crippen LogP contribution in [-0.2, 0) is 4.79 Å². The van der Waals surface area contributed by atoms with Crippen LogP contribution in [-0.4, -0.2) is 15.1 Å². The van der Waals surface area contributed by atoms with Crippen LogP contribution < -0.4 is 0 Å². The first kappa shape index (κ1) is 6.32. The summed E-state index contributed by atoms with van der Waals surface area (Å²) in [6.07, 6.45) is 1.77. The van der Waals surface area contributed by atoms with Crippen molar-refractivity contribution in [3.05, 3.63) is 0 Å². The Morgan fingerprint density at radius 1 is 1.88 bits per heavy atom. The van der Waals surface area contributed by atoms with Gasteiger partial charge in [-0.1, -0.05) is 0 Å². The van der Waals surface area contributed by atoms with Gasteiger partial charge in [0.2, 0.25) is 5.91 Å². The molecule has 3 heteroatoms. The zero-order chi connectivity index (χ0) is 6.15. The summed E-state index contributed by atoms with van der Waals surface area (Å²) in [5.74, 6) is 0.276. The Hall–Kier alpha value is 0.200. The van der Waals surface area contributed by atoms with Gasteiger partial charge >= 0.3 is 0 Å². The SMILES string of the molecule is C[C@H]1CCC(=O)N1I. The van der Waals surface area contributed by atoms with Gasteiger partial charge in [-0.25, -0.2) is 0 Å². The molecule has 2 nitrogen and oxygen atoms in total. The Morgan fingerprint density at radius 2 is 2.50 bits per heavy atom. The van der Waals surface area contributed by atoms with Crippen molar-refractivity contribution in [3.8, 4) is 0 Å². The summed E-state index contributed by atoms with van der Waals surface area (Å²) >= 11 is 2.07. The van der Waals surface area contributed by atoms with E-state index in [1.165, 1.54) is 0 Å². The molecule has 8 heavy (non-hydrogen) atoms. The fraction of sp³-hybridized carbons (Fsp3) is 0.800. The molecule has 0 saturated carbocycles. The molecule has 1 rings (SSSR count). The van der Waals surface area contributed by atoms with Crippen LogP contribution in [0.3, 0.4) is 0 Å². The van der Waals surface area contributed by atoms with E-state index in [0.717, 1.165) is 12.8 Å². The van der Waals surface area contributed by atoms with Gasteiger partial charge in [-0.3, -0.25) is 7.91 Å². The van der Waals surface area contributed by atoms with Crippen LogP contribution in [0.15, 0.2) is 0 Å². The van der Waals surface area contributed by atoms with Crippen molar-refractivity contribution in [2.75, 3.05) is 0 Å². The Morgan fingerprint density at radius 3 is 2.62 bits per heavy atom. The molecule has 0 bridgehead atoms. The van der Waals surface area contributed by atoms with Crippen molar-refractivity contribution in [1.82, 2.24) is 3.11 Å². The minimum absolute atomic E-state index is 0.276. The highest BCUT2D eigenvalue weighted by Gasteiger charge is 2.24. The summed E-state index contributed by atoms with van der Waals surface area (Å²) < 4.78 is 1.78. The summed E-state index contributed by atoms with van der Waals surface area (Å²) in [5, 5.41) is 0. The van der Waals surface area contributed by atoms with Gasteiger partial charge < -0.3 is 0 Å². The third kappa shape index (κ3) is 0.962. The molecule has 1 saturated heterocycles. The highest BCUT2D eigenvalue weighted by molar-refractivity contribution is 14.1. The molecule has 46 valence electrons. The van der Waals surface area contributed by atoms with Gasteiger partial charge in [0, 0.05) is 12.5 Å². The number of halogens is 1. The number of carbonyl (C=O) groups excluding carboxylic acids is 1. The molecule has 0 spiro atoms. The Kier molecular flexibility index (Phi) is 1.74. The van der Waals surface area contributed by atoms with E-state index in [0.29, 0.717) is 6.04 Å². The summed E-state index contributed by atoms with van der Waals surface area (Å²) in [6, 6.07) is 0.461.